The molecular weight excluding hydrogens is 340 g/mol. The molecule has 0 bridgehead atoms. The van der Waals surface area contributed by atoms with E-state index in [0.717, 1.165) is 11.1 Å². The van der Waals surface area contributed by atoms with E-state index in [1.165, 1.54) is 4.68 Å². The number of nitrogens with zero attached hydrogens (tertiary/aromatic N) is 3. The monoisotopic (exact) mass is 354 g/mol. The number of aromatic nitrogens is 3. The van der Waals surface area contributed by atoms with Crippen molar-refractivity contribution < 1.29 is 9.90 Å². The molecule has 126 valence electrons. The van der Waals surface area contributed by atoms with Gasteiger partial charge in [0.15, 0.2) is 0 Å². The fourth-order valence-corrected chi connectivity index (χ4v) is 2.32. The molecule has 0 saturated carbocycles. The standard InChI is InChI=1S/C18H15ClN4O2/c1-11-3-8-15(17(24)9-11)20-18(25)12(2)23-10-16(21-22-23)13-4-6-14(19)7-5-13/h3-10,24H,2H2,1H3,(H,20,25). The van der Waals surface area contributed by atoms with E-state index < -0.39 is 5.91 Å². The van der Waals surface area contributed by atoms with Crippen molar-refractivity contribution in [1.29, 1.82) is 0 Å². The van der Waals surface area contributed by atoms with Gasteiger partial charge in [-0.3, -0.25) is 4.79 Å². The van der Waals surface area contributed by atoms with E-state index >= 15 is 0 Å². The zero-order valence-electron chi connectivity index (χ0n) is 13.4. The number of halogens is 1. The molecule has 7 heteroatoms. The molecule has 2 aromatic carbocycles. The number of aryl methyl sites for hydroxylation is 1. The maximum atomic E-state index is 12.3. The predicted octanol–water partition coefficient (Wildman–Crippen LogP) is 3.72. The summed E-state index contributed by atoms with van der Waals surface area (Å²) in [4.78, 5) is 12.3. The lowest BCUT2D eigenvalue weighted by Gasteiger charge is -2.09. The van der Waals surface area contributed by atoms with Crippen LogP contribution in [0.15, 0.2) is 55.2 Å². The maximum absolute atomic E-state index is 12.3. The number of nitrogens with one attached hydrogen (secondary N) is 1. The summed E-state index contributed by atoms with van der Waals surface area (Å²) in [5.41, 5.74) is 2.67. The Bertz CT molecular complexity index is 948. The van der Waals surface area contributed by atoms with Crippen LogP contribution in [0.1, 0.15) is 5.56 Å². The summed E-state index contributed by atoms with van der Waals surface area (Å²) >= 11 is 5.87. The molecule has 0 radical (unpaired) electrons. The molecule has 0 aliphatic heterocycles. The topological polar surface area (TPSA) is 80.0 Å². The summed E-state index contributed by atoms with van der Waals surface area (Å²) in [6.07, 6.45) is 1.60. The normalized spacial score (nSPS) is 10.5. The van der Waals surface area contributed by atoms with E-state index in [1.54, 1.807) is 36.5 Å². The number of carbonyl (C=O) groups is 1. The predicted molar refractivity (Wildman–Crippen MR) is 97.3 cm³/mol. The SMILES string of the molecule is C=C(C(=O)Nc1ccc(C)cc1O)n1cc(-c2ccc(Cl)cc2)nn1. The number of benzene rings is 2. The second kappa shape index (κ2) is 6.78. The Labute approximate surface area is 149 Å². The summed E-state index contributed by atoms with van der Waals surface area (Å²) in [6, 6.07) is 12.1. The van der Waals surface area contributed by atoms with Crippen LogP contribution in [0.25, 0.3) is 17.0 Å². The summed E-state index contributed by atoms with van der Waals surface area (Å²) in [5, 5.41) is 21.1. The van der Waals surface area contributed by atoms with Gasteiger partial charge < -0.3 is 10.4 Å². The van der Waals surface area contributed by atoms with Crippen molar-refractivity contribution in [2.45, 2.75) is 6.92 Å². The fraction of sp³-hybridized carbons (Fsp3) is 0.0556. The Balaban J connectivity index is 1.76. The summed E-state index contributed by atoms with van der Waals surface area (Å²) in [5.74, 6) is -0.506. The molecule has 1 amide bonds. The number of aromatic hydroxyl groups is 1. The molecule has 3 rings (SSSR count). The van der Waals surface area contributed by atoms with Crippen LogP contribution in [0.2, 0.25) is 5.02 Å². The van der Waals surface area contributed by atoms with E-state index in [9.17, 15) is 9.90 Å². The van der Waals surface area contributed by atoms with Gasteiger partial charge in [-0.2, -0.15) is 0 Å². The van der Waals surface area contributed by atoms with Crippen LogP contribution in [0.5, 0.6) is 5.75 Å². The molecule has 0 spiro atoms. The van der Waals surface area contributed by atoms with Gasteiger partial charge >= 0.3 is 0 Å². The zero-order valence-corrected chi connectivity index (χ0v) is 14.2. The quantitative estimate of drug-likeness (QED) is 0.552. The lowest BCUT2D eigenvalue weighted by atomic mass is 10.2. The van der Waals surface area contributed by atoms with Crippen molar-refractivity contribution in [2.75, 3.05) is 5.32 Å². The highest BCUT2D eigenvalue weighted by Crippen LogP contribution is 2.25. The number of phenols is 1. The minimum atomic E-state index is -0.494. The van der Waals surface area contributed by atoms with Crippen molar-refractivity contribution in [3.8, 4) is 17.0 Å². The molecule has 0 unspecified atom stereocenters. The fourth-order valence-electron chi connectivity index (χ4n) is 2.19. The molecule has 2 N–H and O–H groups in total. The Morgan fingerprint density at radius 2 is 1.96 bits per heavy atom. The third kappa shape index (κ3) is 3.70. The van der Waals surface area contributed by atoms with Crippen LogP contribution in [-0.2, 0) is 4.79 Å². The number of carbonyl (C=O) groups excluding carboxylic acids is 1. The second-order valence-corrected chi connectivity index (χ2v) is 5.91. The van der Waals surface area contributed by atoms with Gasteiger partial charge in [0, 0.05) is 10.6 Å². The van der Waals surface area contributed by atoms with E-state index in [2.05, 4.69) is 22.2 Å². The molecule has 0 atom stereocenters. The molecule has 3 aromatic rings. The van der Waals surface area contributed by atoms with Crippen LogP contribution >= 0.6 is 11.6 Å². The van der Waals surface area contributed by atoms with E-state index in [0.29, 0.717) is 16.4 Å². The van der Waals surface area contributed by atoms with Crippen molar-refractivity contribution in [3.63, 3.8) is 0 Å². The van der Waals surface area contributed by atoms with E-state index in [4.69, 9.17) is 11.6 Å². The molecule has 6 nitrogen and oxygen atoms in total. The molecule has 0 fully saturated rings. The number of phenolic OH excluding ortho intramolecular Hbond substituents is 1. The smallest absolute Gasteiger partial charge is 0.273 e. The van der Waals surface area contributed by atoms with Gasteiger partial charge in [-0.25, -0.2) is 4.68 Å². The lowest BCUT2D eigenvalue weighted by Crippen LogP contribution is -2.17. The first-order chi connectivity index (χ1) is 11.9. The Morgan fingerprint density at radius 1 is 1.24 bits per heavy atom. The molecule has 0 aliphatic rings. The molecule has 1 heterocycles. The highest BCUT2D eigenvalue weighted by atomic mass is 35.5. The minimum Gasteiger partial charge on any atom is -0.506 e. The molecular formula is C18H15ClN4O2. The third-order valence-electron chi connectivity index (χ3n) is 3.57. The zero-order chi connectivity index (χ0) is 18.0. The number of anilines is 1. The Kier molecular flexibility index (Phi) is 4.54. The van der Waals surface area contributed by atoms with Gasteiger partial charge in [-0.15, -0.1) is 5.10 Å². The minimum absolute atomic E-state index is 0.0124. The van der Waals surface area contributed by atoms with Crippen LogP contribution < -0.4 is 5.32 Å². The van der Waals surface area contributed by atoms with Gasteiger partial charge in [-0.05, 0) is 36.8 Å². The van der Waals surface area contributed by atoms with E-state index in [-0.39, 0.29) is 11.4 Å². The number of rotatable bonds is 4. The molecule has 0 saturated heterocycles. The van der Waals surface area contributed by atoms with Gasteiger partial charge in [0.1, 0.15) is 17.1 Å². The first-order valence-corrected chi connectivity index (χ1v) is 7.80. The van der Waals surface area contributed by atoms with Gasteiger partial charge in [0.25, 0.3) is 5.91 Å². The number of hydrogen-bond donors (Lipinski definition) is 2. The Hall–Kier alpha value is -3.12. The highest BCUT2D eigenvalue weighted by molar-refractivity contribution is 6.30. The van der Waals surface area contributed by atoms with Crippen LogP contribution in [0.4, 0.5) is 5.69 Å². The van der Waals surface area contributed by atoms with Gasteiger partial charge in [0.05, 0.1) is 11.9 Å². The first kappa shape index (κ1) is 16.7. The van der Waals surface area contributed by atoms with Gasteiger partial charge in [-0.1, -0.05) is 41.6 Å². The number of amides is 1. The van der Waals surface area contributed by atoms with Crippen molar-refractivity contribution >= 4 is 28.9 Å². The third-order valence-corrected chi connectivity index (χ3v) is 3.83. The Morgan fingerprint density at radius 3 is 2.64 bits per heavy atom. The largest absolute Gasteiger partial charge is 0.506 e. The van der Waals surface area contributed by atoms with Crippen LogP contribution in [-0.4, -0.2) is 26.0 Å². The first-order valence-electron chi connectivity index (χ1n) is 7.42. The average Bonchev–Trinajstić information content (AvgIpc) is 3.07. The summed E-state index contributed by atoms with van der Waals surface area (Å²) in [6.45, 7) is 5.58. The molecule has 25 heavy (non-hydrogen) atoms. The van der Waals surface area contributed by atoms with Crippen molar-refractivity contribution in [3.05, 3.63) is 65.8 Å². The highest BCUT2D eigenvalue weighted by Gasteiger charge is 2.14. The average molecular weight is 355 g/mol. The lowest BCUT2D eigenvalue weighted by molar-refractivity contribution is -0.111. The van der Waals surface area contributed by atoms with Gasteiger partial charge in [0.2, 0.25) is 0 Å². The maximum Gasteiger partial charge on any atom is 0.273 e. The van der Waals surface area contributed by atoms with Crippen molar-refractivity contribution in [1.82, 2.24) is 15.0 Å². The molecule has 1 aromatic heterocycles. The van der Waals surface area contributed by atoms with Crippen LogP contribution in [0, 0.1) is 6.92 Å². The number of hydrogen-bond acceptors (Lipinski definition) is 4. The molecule has 0 aliphatic carbocycles. The van der Waals surface area contributed by atoms with Crippen molar-refractivity contribution in [2.24, 2.45) is 0 Å². The van der Waals surface area contributed by atoms with Crippen LogP contribution in [0.3, 0.4) is 0 Å². The summed E-state index contributed by atoms with van der Waals surface area (Å²) < 4.78 is 1.28. The second-order valence-electron chi connectivity index (χ2n) is 5.48. The van der Waals surface area contributed by atoms with E-state index in [1.807, 2.05) is 19.1 Å². The summed E-state index contributed by atoms with van der Waals surface area (Å²) in [7, 11) is 0.